The zero-order valence-electron chi connectivity index (χ0n) is 15.8. The van der Waals surface area contributed by atoms with E-state index in [2.05, 4.69) is 5.32 Å². The lowest BCUT2D eigenvalue weighted by atomic mass is 9.78. The molecule has 4 rings (SSSR count). The Kier molecular flexibility index (Phi) is 4.87. The zero-order chi connectivity index (χ0) is 20.6. The molecule has 0 saturated carbocycles. The largest absolute Gasteiger partial charge is 0.509 e. The molecule has 1 spiro atoms. The highest BCUT2D eigenvalue weighted by Gasteiger charge is 2.55. The highest BCUT2D eigenvalue weighted by Crippen LogP contribution is 2.50. The van der Waals surface area contributed by atoms with Crippen LogP contribution in [0.5, 0.6) is 0 Å². The van der Waals surface area contributed by atoms with Gasteiger partial charge in [0.1, 0.15) is 23.4 Å². The minimum absolute atomic E-state index is 0.140. The van der Waals surface area contributed by atoms with Crippen LogP contribution in [-0.2, 0) is 19.1 Å². The van der Waals surface area contributed by atoms with E-state index in [4.69, 9.17) is 9.84 Å². The molecule has 0 bridgehead atoms. The topological polar surface area (TPSA) is 116 Å². The molecule has 3 aliphatic rings. The van der Waals surface area contributed by atoms with Crippen molar-refractivity contribution in [2.45, 2.75) is 30.8 Å². The van der Waals surface area contributed by atoms with Crippen molar-refractivity contribution in [1.82, 2.24) is 10.2 Å². The number of carboxylic acid groups (broad SMARTS) is 1. The molecule has 29 heavy (non-hydrogen) atoms. The van der Waals surface area contributed by atoms with E-state index in [1.807, 2.05) is 35.2 Å². The number of aliphatic hydroxyl groups is 1. The smallest absolute Gasteiger partial charge is 0.322 e. The molecule has 1 saturated heterocycles. The van der Waals surface area contributed by atoms with Gasteiger partial charge in [-0.15, -0.1) is 0 Å². The number of benzene rings is 1. The number of rotatable bonds is 4. The molecule has 1 aromatic carbocycles. The van der Waals surface area contributed by atoms with Gasteiger partial charge in [0.15, 0.2) is 0 Å². The van der Waals surface area contributed by atoms with Gasteiger partial charge in [-0.3, -0.25) is 14.4 Å². The Hall–Kier alpha value is -3.13. The SMILES string of the molecule is O=C(O)CNC(=O)C1=C(O)C2(CCOCC2)N2C(=CCC2c2ccccc2)C1=O. The van der Waals surface area contributed by atoms with Gasteiger partial charge in [0.05, 0.1) is 11.7 Å². The van der Waals surface area contributed by atoms with Crippen LogP contribution in [0.15, 0.2) is 53.4 Å². The van der Waals surface area contributed by atoms with Gasteiger partial charge < -0.3 is 25.2 Å². The van der Waals surface area contributed by atoms with Gasteiger partial charge in [0.25, 0.3) is 5.91 Å². The van der Waals surface area contributed by atoms with Crippen LogP contribution < -0.4 is 5.32 Å². The molecule has 3 N–H and O–H groups in total. The lowest BCUT2D eigenvalue weighted by Crippen LogP contribution is -2.58. The summed E-state index contributed by atoms with van der Waals surface area (Å²) in [5.41, 5.74) is 0.0811. The normalized spacial score (nSPS) is 23.0. The number of amides is 1. The van der Waals surface area contributed by atoms with Gasteiger partial charge in [-0.05, 0) is 12.0 Å². The first-order chi connectivity index (χ1) is 14.0. The summed E-state index contributed by atoms with van der Waals surface area (Å²) in [6.45, 7) is 0.134. The number of fused-ring (bicyclic) bond motifs is 2. The van der Waals surface area contributed by atoms with E-state index in [1.165, 1.54) is 0 Å². The number of Topliss-reactive ketones (excluding diaryl/α,β-unsaturated/α-hetero) is 1. The van der Waals surface area contributed by atoms with Crippen molar-refractivity contribution < 1.29 is 29.3 Å². The molecule has 0 aliphatic carbocycles. The number of nitrogens with zero attached hydrogens (tertiary/aromatic N) is 1. The molecule has 1 fully saturated rings. The van der Waals surface area contributed by atoms with Gasteiger partial charge in [0.2, 0.25) is 5.78 Å². The van der Waals surface area contributed by atoms with Gasteiger partial charge >= 0.3 is 5.97 Å². The predicted molar refractivity (Wildman–Crippen MR) is 102 cm³/mol. The number of aliphatic hydroxyl groups excluding tert-OH is 1. The van der Waals surface area contributed by atoms with E-state index < -0.39 is 29.7 Å². The van der Waals surface area contributed by atoms with Crippen LogP contribution in [0.2, 0.25) is 0 Å². The Labute approximate surface area is 167 Å². The first-order valence-electron chi connectivity index (χ1n) is 9.56. The third kappa shape index (κ3) is 3.09. The van der Waals surface area contributed by atoms with E-state index in [0.717, 1.165) is 5.56 Å². The van der Waals surface area contributed by atoms with E-state index in [0.29, 0.717) is 38.2 Å². The summed E-state index contributed by atoms with van der Waals surface area (Å²) in [5, 5.41) is 22.2. The summed E-state index contributed by atoms with van der Waals surface area (Å²) in [6, 6.07) is 9.59. The Morgan fingerprint density at radius 2 is 1.90 bits per heavy atom. The van der Waals surface area contributed by atoms with E-state index >= 15 is 0 Å². The fourth-order valence-electron chi connectivity index (χ4n) is 4.51. The van der Waals surface area contributed by atoms with E-state index in [-0.39, 0.29) is 17.4 Å². The van der Waals surface area contributed by atoms with Crippen molar-refractivity contribution in [2.75, 3.05) is 19.8 Å². The number of nitrogens with one attached hydrogen (secondary N) is 1. The summed E-state index contributed by atoms with van der Waals surface area (Å²) < 4.78 is 5.49. The quantitative estimate of drug-likeness (QED) is 0.658. The minimum atomic E-state index is -1.23. The molecule has 1 amide bonds. The molecular weight excluding hydrogens is 376 g/mol. The van der Waals surface area contributed by atoms with E-state index in [1.54, 1.807) is 6.08 Å². The minimum Gasteiger partial charge on any atom is -0.509 e. The molecule has 152 valence electrons. The van der Waals surface area contributed by atoms with Gasteiger partial charge in [-0.2, -0.15) is 0 Å². The number of hydrogen-bond acceptors (Lipinski definition) is 6. The molecule has 8 nitrogen and oxygen atoms in total. The standard InChI is InChI=1S/C21H22N2O6/c24-16(25)12-22-20(28)17-18(26)15-7-6-14(13-4-2-1-3-5-13)23(15)21(19(17)27)8-10-29-11-9-21/h1-5,7,14,27H,6,8-12H2,(H,22,28)(H,24,25). The van der Waals surface area contributed by atoms with Crippen LogP contribution in [0.4, 0.5) is 0 Å². The maximum absolute atomic E-state index is 13.1. The van der Waals surface area contributed by atoms with Crippen LogP contribution in [0.1, 0.15) is 30.9 Å². The van der Waals surface area contributed by atoms with Crippen molar-refractivity contribution in [3.63, 3.8) is 0 Å². The van der Waals surface area contributed by atoms with Gasteiger partial charge in [-0.25, -0.2) is 0 Å². The van der Waals surface area contributed by atoms with Gasteiger partial charge in [-0.1, -0.05) is 36.4 Å². The fourth-order valence-corrected chi connectivity index (χ4v) is 4.51. The Balaban J connectivity index is 1.80. The molecule has 1 aromatic rings. The van der Waals surface area contributed by atoms with Crippen LogP contribution in [0.3, 0.4) is 0 Å². The first kappa shape index (κ1) is 19.2. The average Bonchev–Trinajstić information content (AvgIpc) is 3.19. The summed E-state index contributed by atoms with van der Waals surface area (Å²) >= 11 is 0. The second-order valence-corrected chi connectivity index (χ2v) is 7.39. The van der Waals surface area contributed by atoms with Crippen molar-refractivity contribution in [1.29, 1.82) is 0 Å². The van der Waals surface area contributed by atoms with E-state index in [9.17, 15) is 19.5 Å². The van der Waals surface area contributed by atoms with Crippen molar-refractivity contribution in [3.05, 3.63) is 59.0 Å². The summed E-state index contributed by atoms with van der Waals surface area (Å²) in [5.74, 6) is -2.98. The van der Waals surface area contributed by atoms with Crippen molar-refractivity contribution >= 4 is 17.7 Å². The van der Waals surface area contributed by atoms with Crippen molar-refractivity contribution in [3.8, 4) is 0 Å². The lowest BCUT2D eigenvalue weighted by molar-refractivity contribution is -0.138. The Bertz CT molecular complexity index is 914. The molecule has 0 radical (unpaired) electrons. The molecule has 8 heteroatoms. The number of allylic oxidation sites excluding steroid dienone is 1. The summed E-state index contributed by atoms with van der Waals surface area (Å²) in [6.07, 6.45) is 3.21. The molecule has 1 atom stereocenters. The maximum Gasteiger partial charge on any atom is 0.322 e. The summed E-state index contributed by atoms with van der Waals surface area (Å²) in [7, 11) is 0. The van der Waals surface area contributed by atoms with Crippen LogP contribution in [-0.4, -0.2) is 58.1 Å². The number of carbonyl (C=O) groups is 3. The van der Waals surface area contributed by atoms with Crippen LogP contribution in [0.25, 0.3) is 0 Å². The predicted octanol–water partition coefficient (Wildman–Crippen LogP) is 1.46. The number of aliphatic carboxylic acids is 1. The number of carboxylic acids is 1. The first-order valence-corrected chi connectivity index (χ1v) is 9.56. The molecule has 3 heterocycles. The molecule has 3 aliphatic heterocycles. The maximum atomic E-state index is 13.1. The number of carbonyl (C=O) groups excluding carboxylic acids is 2. The second-order valence-electron chi connectivity index (χ2n) is 7.39. The Morgan fingerprint density at radius 3 is 2.55 bits per heavy atom. The molecular formula is C21H22N2O6. The fraction of sp³-hybridized carbons (Fsp3) is 0.381. The lowest BCUT2D eigenvalue weighted by Gasteiger charge is -2.51. The summed E-state index contributed by atoms with van der Waals surface area (Å²) in [4.78, 5) is 38.5. The third-order valence-electron chi connectivity index (χ3n) is 5.84. The highest BCUT2D eigenvalue weighted by atomic mass is 16.5. The number of ether oxygens (including phenoxy) is 1. The van der Waals surface area contributed by atoms with Crippen molar-refractivity contribution in [2.24, 2.45) is 0 Å². The van der Waals surface area contributed by atoms with Crippen LogP contribution >= 0.6 is 0 Å². The second kappa shape index (κ2) is 7.36. The highest BCUT2D eigenvalue weighted by molar-refractivity contribution is 6.26. The molecule has 1 unspecified atom stereocenters. The monoisotopic (exact) mass is 398 g/mol. The van der Waals surface area contributed by atoms with Gasteiger partial charge in [0, 0.05) is 26.1 Å². The molecule has 0 aromatic heterocycles. The zero-order valence-corrected chi connectivity index (χ0v) is 15.8. The number of ketones is 1. The van der Waals surface area contributed by atoms with Crippen LogP contribution in [0, 0.1) is 0 Å². The average molecular weight is 398 g/mol. The third-order valence-corrected chi connectivity index (χ3v) is 5.84. The number of hydrogen-bond donors (Lipinski definition) is 3. The Morgan fingerprint density at radius 1 is 1.21 bits per heavy atom.